The molecule has 0 aliphatic heterocycles. The first-order valence-electron chi connectivity index (χ1n) is 5.62. The predicted octanol–water partition coefficient (Wildman–Crippen LogP) is 1.57. The van der Waals surface area contributed by atoms with E-state index in [2.05, 4.69) is 10.3 Å². The largest absolute Gasteiger partial charge is 0.480 e. The van der Waals surface area contributed by atoms with Crippen LogP contribution in [0.15, 0.2) is 41.2 Å². The van der Waals surface area contributed by atoms with Gasteiger partial charge in [-0.25, -0.2) is 9.78 Å². The van der Waals surface area contributed by atoms with Crippen molar-refractivity contribution in [2.75, 3.05) is 0 Å². The van der Waals surface area contributed by atoms with Crippen LogP contribution in [0.3, 0.4) is 0 Å². The molecule has 1 aromatic heterocycles. The molecule has 0 saturated carbocycles. The number of hydrogen-bond donors (Lipinski definition) is 2. The van der Waals surface area contributed by atoms with E-state index in [0.717, 1.165) is 5.56 Å². The Bertz CT molecular complexity index is 555. The van der Waals surface area contributed by atoms with Crippen LogP contribution in [0, 0.1) is 0 Å². The van der Waals surface area contributed by atoms with Crippen LogP contribution in [0.5, 0.6) is 0 Å². The summed E-state index contributed by atoms with van der Waals surface area (Å²) in [5.41, 5.74) is 2.62. The van der Waals surface area contributed by atoms with Crippen LogP contribution in [-0.2, 0) is 11.2 Å². The lowest BCUT2D eigenvalue weighted by molar-refractivity contribution is -0.139. The van der Waals surface area contributed by atoms with Crippen molar-refractivity contribution < 1.29 is 14.7 Å². The van der Waals surface area contributed by atoms with Crippen molar-refractivity contribution in [1.29, 1.82) is 0 Å². The van der Waals surface area contributed by atoms with Gasteiger partial charge in [-0.05, 0) is 5.56 Å². The van der Waals surface area contributed by atoms with Crippen molar-refractivity contribution >= 4 is 23.2 Å². The van der Waals surface area contributed by atoms with Crippen LogP contribution in [0.4, 0.5) is 0 Å². The number of carboxylic acid groups (broad SMARTS) is 1. The summed E-state index contributed by atoms with van der Waals surface area (Å²) in [7, 11) is 0. The maximum Gasteiger partial charge on any atom is 0.326 e. The number of nitrogens with zero attached hydrogens (tertiary/aromatic N) is 1. The molecule has 2 rings (SSSR count). The summed E-state index contributed by atoms with van der Waals surface area (Å²) in [4.78, 5) is 26.8. The highest BCUT2D eigenvalue weighted by Crippen LogP contribution is 2.06. The zero-order valence-electron chi connectivity index (χ0n) is 9.95. The summed E-state index contributed by atoms with van der Waals surface area (Å²) in [6, 6.07) is 8.20. The fraction of sp³-hybridized carbons (Fsp3) is 0.154. The zero-order valence-corrected chi connectivity index (χ0v) is 10.8. The molecule has 0 bridgehead atoms. The van der Waals surface area contributed by atoms with Crippen LogP contribution in [0.2, 0.25) is 0 Å². The molecule has 5 nitrogen and oxygen atoms in total. The third-order valence-electron chi connectivity index (χ3n) is 2.55. The minimum atomic E-state index is -1.06. The summed E-state index contributed by atoms with van der Waals surface area (Å²) in [5, 5.41) is 13.2. The molecule has 1 amide bonds. The maximum absolute atomic E-state index is 11.8. The van der Waals surface area contributed by atoms with E-state index >= 15 is 0 Å². The fourth-order valence-electron chi connectivity index (χ4n) is 1.61. The van der Waals surface area contributed by atoms with Gasteiger partial charge in [0.2, 0.25) is 0 Å². The van der Waals surface area contributed by atoms with Gasteiger partial charge in [-0.2, -0.15) is 0 Å². The Labute approximate surface area is 113 Å². The van der Waals surface area contributed by atoms with Gasteiger partial charge in [0, 0.05) is 11.8 Å². The molecular formula is C13H12N2O3S. The second-order valence-electron chi connectivity index (χ2n) is 3.93. The molecule has 19 heavy (non-hydrogen) atoms. The normalized spacial score (nSPS) is 11.8. The van der Waals surface area contributed by atoms with E-state index in [9.17, 15) is 9.59 Å². The summed E-state index contributed by atoms with van der Waals surface area (Å²) in [6.45, 7) is 0. The third-order valence-corrected chi connectivity index (χ3v) is 3.14. The molecule has 1 aromatic carbocycles. The number of rotatable bonds is 5. The van der Waals surface area contributed by atoms with Gasteiger partial charge in [-0.1, -0.05) is 30.3 Å². The molecule has 1 atom stereocenters. The lowest BCUT2D eigenvalue weighted by Crippen LogP contribution is -2.42. The van der Waals surface area contributed by atoms with Gasteiger partial charge in [0.25, 0.3) is 5.91 Å². The number of amides is 1. The quantitative estimate of drug-likeness (QED) is 0.868. The minimum absolute atomic E-state index is 0.240. The molecule has 0 fully saturated rings. The van der Waals surface area contributed by atoms with Gasteiger partial charge in [-0.15, -0.1) is 11.3 Å². The highest BCUT2D eigenvalue weighted by molar-refractivity contribution is 7.07. The number of carbonyl (C=O) groups excluding carboxylic acids is 1. The SMILES string of the molecule is O=C(N[C@@H](Cc1ccccc1)C(=O)O)c1cscn1. The first-order valence-corrected chi connectivity index (χ1v) is 6.57. The van der Waals surface area contributed by atoms with Crippen molar-refractivity contribution in [3.63, 3.8) is 0 Å². The molecule has 2 N–H and O–H groups in total. The number of aromatic nitrogens is 1. The maximum atomic E-state index is 11.8. The van der Waals surface area contributed by atoms with Crippen molar-refractivity contribution in [3.8, 4) is 0 Å². The first kappa shape index (κ1) is 13.2. The van der Waals surface area contributed by atoms with Crippen LogP contribution in [0.1, 0.15) is 16.1 Å². The fourth-order valence-corrected chi connectivity index (χ4v) is 2.14. The van der Waals surface area contributed by atoms with Gasteiger partial charge in [0.15, 0.2) is 0 Å². The summed E-state index contributed by atoms with van der Waals surface area (Å²) in [6.07, 6.45) is 0.242. The lowest BCUT2D eigenvalue weighted by atomic mass is 10.1. The molecule has 0 spiro atoms. The Kier molecular flexibility index (Phi) is 4.25. The summed E-state index contributed by atoms with van der Waals surface area (Å²) in [5.74, 6) is -1.53. The van der Waals surface area contributed by atoms with Gasteiger partial charge in [0.1, 0.15) is 11.7 Å². The molecule has 2 aromatic rings. The zero-order chi connectivity index (χ0) is 13.7. The van der Waals surface area contributed by atoms with Crippen molar-refractivity contribution in [3.05, 3.63) is 52.5 Å². The molecule has 0 aliphatic carbocycles. The lowest BCUT2D eigenvalue weighted by Gasteiger charge is -2.13. The molecule has 98 valence electrons. The van der Waals surface area contributed by atoms with E-state index in [1.165, 1.54) is 16.8 Å². The smallest absolute Gasteiger partial charge is 0.326 e. The van der Waals surface area contributed by atoms with Crippen molar-refractivity contribution in [1.82, 2.24) is 10.3 Å². The van der Waals surface area contributed by atoms with Crippen LogP contribution in [0.25, 0.3) is 0 Å². The van der Waals surface area contributed by atoms with Crippen LogP contribution in [-0.4, -0.2) is 28.0 Å². The van der Waals surface area contributed by atoms with Crippen LogP contribution < -0.4 is 5.32 Å². The van der Waals surface area contributed by atoms with E-state index in [-0.39, 0.29) is 12.1 Å². The van der Waals surface area contributed by atoms with Gasteiger partial charge >= 0.3 is 5.97 Å². The number of thiazole rings is 1. The number of nitrogens with one attached hydrogen (secondary N) is 1. The average Bonchev–Trinajstić information content (AvgIpc) is 2.93. The Hall–Kier alpha value is -2.21. The first-order chi connectivity index (χ1) is 9.16. The monoisotopic (exact) mass is 276 g/mol. The number of aliphatic carboxylic acids is 1. The Morgan fingerprint density at radius 3 is 2.63 bits per heavy atom. The molecule has 0 aliphatic rings. The Morgan fingerprint density at radius 1 is 1.32 bits per heavy atom. The van der Waals surface area contributed by atoms with Gasteiger partial charge in [0.05, 0.1) is 5.51 Å². The number of carboxylic acids is 1. The molecule has 0 radical (unpaired) electrons. The topological polar surface area (TPSA) is 79.3 Å². The van der Waals surface area contributed by atoms with E-state index in [1.54, 1.807) is 5.38 Å². The van der Waals surface area contributed by atoms with Gasteiger partial charge < -0.3 is 10.4 Å². The van der Waals surface area contributed by atoms with Crippen molar-refractivity contribution in [2.24, 2.45) is 0 Å². The average molecular weight is 276 g/mol. The number of hydrogen-bond acceptors (Lipinski definition) is 4. The van der Waals surface area contributed by atoms with E-state index < -0.39 is 17.9 Å². The molecule has 0 saturated heterocycles. The second kappa shape index (κ2) is 6.10. The minimum Gasteiger partial charge on any atom is -0.480 e. The van der Waals surface area contributed by atoms with E-state index in [0.29, 0.717) is 0 Å². The Morgan fingerprint density at radius 2 is 2.05 bits per heavy atom. The molecule has 6 heteroatoms. The number of benzene rings is 1. The van der Waals surface area contributed by atoms with E-state index in [1.807, 2.05) is 30.3 Å². The number of carbonyl (C=O) groups is 2. The predicted molar refractivity (Wildman–Crippen MR) is 71.2 cm³/mol. The van der Waals surface area contributed by atoms with Crippen LogP contribution >= 0.6 is 11.3 Å². The van der Waals surface area contributed by atoms with Crippen molar-refractivity contribution in [2.45, 2.75) is 12.5 Å². The highest BCUT2D eigenvalue weighted by atomic mass is 32.1. The Balaban J connectivity index is 2.05. The third kappa shape index (κ3) is 3.62. The second-order valence-corrected chi connectivity index (χ2v) is 4.65. The standard InChI is InChI=1S/C13H12N2O3S/c16-12(11-7-19-8-14-11)15-10(13(17)18)6-9-4-2-1-3-5-9/h1-5,7-8,10H,6H2,(H,15,16)(H,17,18)/t10-/m0/s1. The molecule has 1 heterocycles. The molecule has 0 unspecified atom stereocenters. The summed E-state index contributed by atoms with van der Waals surface area (Å²) < 4.78 is 0. The summed E-state index contributed by atoms with van der Waals surface area (Å²) >= 11 is 1.29. The highest BCUT2D eigenvalue weighted by Gasteiger charge is 2.21. The van der Waals surface area contributed by atoms with Gasteiger partial charge in [-0.3, -0.25) is 4.79 Å². The molecular weight excluding hydrogens is 264 g/mol. The van der Waals surface area contributed by atoms with E-state index in [4.69, 9.17) is 5.11 Å².